The van der Waals surface area contributed by atoms with Gasteiger partial charge in [0.2, 0.25) is 0 Å². The average molecular weight is 375 g/mol. The molecule has 0 fully saturated rings. The lowest BCUT2D eigenvalue weighted by Gasteiger charge is -2.06. The molecule has 2 rings (SSSR count). The molecule has 0 atom stereocenters. The van der Waals surface area contributed by atoms with E-state index in [4.69, 9.17) is 11.6 Å². The second kappa shape index (κ2) is 8.67. The Labute approximate surface area is 158 Å². The van der Waals surface area contributed by atoms with E-state index in [2.05, 4.69) is 29.8 Å². The van der Waals surface area contributed by atoms with Gasteiger partial charge in [-0.25, -0.2) is 0 Å². The van der Waals surface area contributed by atoms with Crippen LogP contribution in [0.15, 0.2) is 30.3 Å². The number of carbonyl (C=O) groups is 2. The summed E-state index contributed by atoms with van der Waals surface area (Å²) in [5.74, 6) is -0.438. The molecule has 0 unspecified atom stereocenters. The fourth-order valence-corrected chi connectivity index (χ4v) is 2.63. The van der Waals surface area contributed by atoms with Gasteiger partial charge >= 0.3 is 0 Å². The predicted molar refractivity (Wildman–Crippen MR) is 103 cm³/mol. The molecule has 0 bridgehead atoms. The highest BCUT2D eigenvalue weighted by Crippen LogP contribution is 2.22. The van der Waals surface area contributed by atoms with Crippen LogP contribution in [0.2, 0.25) is 5.15 Å². The fraction of sp³-hybridized carbons (Fsp3) is 0.316. The standard InChI is InChI=1S/C19H23ClN4O2/c1-12(2)11-24-18(20)16(14(4)23-24)9-10-17(25)21-22-19(26)15-7-5-13(3)6-8-15/h5-10,12H,11H2,1-4H3,(H,21,25)(H,22,26)/b10-9+. The van der Waals surface area contributed by atoms with Gasteiger partial charge in [-0.1, -0.05) is 43.1 Å². The molecule has 1 aromatic carbocycles. The lowest BCUT2D eigenvalue weighted by molar-refractivity contribution is -0.117. The SMILES string of the molecule is Cc1ccc(C(=O)NNC(=O)/C=C/c2c(C)nn(CC(C)C)c2Cl)cc1. The second-order valence-corrected chi connectivity index (χ2v) is 6.87. The number of benzene rings is 1. The molecule has 0 saturated heterocycles. The second-order valence-electron chi connectivity index (χ2n) is 6.51. The highest BCUT2D eigenvalue weighted by atomic mass is 35.5. The van der Waals surface area contributed by atoms with Crippen molar-refractivity contribution in [2.75, 3.05) is 0 Å². The number of amides is 2. The van der Waals surface area contributed by atoms with E-state index >= 15 is 0 Å². The summed E-state index contributed by atoms with van der Waals surface area (Å²) in [6, 6.07) is 7.05. The number of nitrogens with one attached hydrogen (secondary N) is 2. The van der Waals surface area contributed by atoms with Crippen LogP contribution in [-0.2, 0) is 11.3 Å². The molecule has 0 spiro atoms. The zero-order chi connectivity index (χ0) is 19.3. The Morgan fingerprint density at radius 2 is 1.85 bits per heavy atom. The first-order valence-electron chi connectivity index (χ1n) is 8.36. The van der Waals surface area contributed by atoms with E-state index in [9.17, 15) is 9.59 Å². The number of nitrogens with zero attached hydrogens (tertiary/aromatic N) is 2. The number of hydrogen-bond donors (Lipinski definition) is 2. The lowest BCUT2D eigenvalue weighted by Crippen LogP contribution is -2.40. The maximum absolute atomic E-state index is 12.0. The van der Waals surface area contributed by atoms with E-state index in [1.165, 1.54) is 6.08 Å². The van der Waals surface area contributed by atoms with Crippen molar-refractivity contribution in [2.24, 2.45) is 5.92 Å². The Morgan fingerprint density at radius 3 is 2.46 bits per heavy atom. The molecule has 0 radical (unpaired) electrons. The summed E-state index contributed by atoms with van der Waals surface area (Å²) in [7, 11) is 0. The molecule has 2 amide bonds. The molecule has 26 heavy (non-hydrogen) atoms. The monoisotopic (exact) mass is 374 g/mol. The van der Waals surface area contributed by atoms with Gasteiger partial charge in [0.25, 0.3) is 11.8 Å². The molecule has 1 heterocycles. The van der Waals surface area contributed by atoms with Crippen LogP contribution in [0.3, 0.4) is 0 Å². The molecular weight excluding hydrogens is 352 g/mol. The molecule has 0 aliphatic rings. The largest absolute Gasteiger partial charge is 0.269 e. The van der Waals surface area contributed by atoms with Gasteiger partial charge in [0, 0.05) is 23.7 Å². The molecule has 0 aliphatic heterocycles. The third-order valence-corrected chi connectivity index (χ3v) is 4.06. The van der Waals surface area contributed by atoms with Crippen LogP contribution >= 0.6 is 11.6 Å². The molecule has 7 heteroatoms. The quantitative estimate of drug-likeness (QED) is 0.622. The highest BCUT2D eigenvalue weighted by Gasteiger charge is 2.12. The molecule has 6 nitrogen and oxygen atoms in total. The van der Waals surface area contributed by atoms with Crippen LogP contribution in [0.1, 0.15) is 41.0 Å². The number of halogens is 1. The first-order chi connectivity index (χ1) is 12.3. The normalized spacial score (nSPS) is 11.2. The summed E-state index contributed by atoms with van der Waals surface area (Å²) in [4.78, 5) is 23.9. The number of carbonyl (C=O) groups excluding carboxylic acids is 2. The van der Waals surface area contributed by atoms with E-state index in [1.807, 2.05) is 26.0 Å². The van der Waals surface area contributed by atoms with Gasteiger partial charge in [-0.2, -0.15) is 5.10 Å². The van der Waals surface area contributed by atoms with Gasteiger partial charge in [-0.05, 0) is 38.0 Å². The van der Waals surface area contributed by atoms with Gasteiger partial charge in [-0.3, -0.25) is 25.1 Å². The van der Waals surface area contributed by atoms with Gasteiger partial charge in [0.05, 0.1) is 5.69 Å². The van der Waals surface area contributed by atoms with Crippen LogP contribution in [0, 0.1) is 19.8 Å². The summed E-state index contributed by atoms with van der Waals surface area (Å²) in [6.45, 7) is 8.62. The van der Waals surface area contributed by atoms with E-state index in [1.54, 1.807) is 22.9 Å². The van der Waals surface area contributed by atoms with E-state index in [-0.39, 0.29) is 5.91 Å². The molecule has 2 aromatic rings. The molecule has 0 aliphatic carbocycles. The number of aryl methyl sites for hydroxylation is 2. The Kier molecular flexibility index (Phi) is 6.58. The van der Waals surface area contributed by atoms with Crippen molar-refractivity contribution < 1.29 is 9.59 Å². The van der Waals surface area contributed by atoms with Crippen LogP contribution < -0.4 is 10.9 Å². The Balaban J connectivity index is 1.96. The minimum atomic E-state index is -0.461. The summed E-state index contributed by atoms with van der Waals surface area (Å²) in [6.07, 6.45) is 2.90. The number of hydrogen-bond acceptors (Lipinski definition) is 3. The van der Waals surface area contributed by atoms with Crippen LogP contribution in [0.4, 0.5) is 0 Å². The summed E-state index contributed by atoms with van der Waals surface area (Å²) in [5.41, 5.74) is 7.67. The van der Waals surface area contributed by atoms with E-state index in [0.717, 1.165) is 11.3 Å². The third-order valence-electron chi connectivity index (χ3n) is 3.66. The number of aromatic nitrogens is 2. The van der Waals surface area contributed by atoms with Crippen molar-refractivity contribution in [1.82, 2.24) is 20.6 Å². The first-order valence-corrected chi connectivity index (χ1v) is 8.73. The summed E-state index contributed by atoms with van der Waals surface area (Å²) in [5, 5.41) is 4.87. The molecular formula is C19H23ClN4O2. The molecule has 2 N–H and O–H groups in total. The van der Waals surface area contributed by atoms with Crippen molar-refractivity contribution in [2.45, 2.75) is 34.2 Å². The lowest BCUT2D eigenvalue weighted by atomic mass is 10.1. The average Bonchev–Trinajstić information content (AvgIpc) is 2.84. The maximum Gasteiger partial charge on any atom is 0.269 e. The topological polar surface area (TPSA) is 76.0 Å². The maximum atomic E-state index is 12.0. The van der Waals surface area contributed by atoms with Crippen molar-refractivity contribution in [3.05, 3.63) is 57.9 Å². The van der Waals surface area contributed by atoms with Crippen molar-refractivity contribution in [1.29, 1.82) is 0 Å². The predicted octanol–water partition coefficient (Wildman–Crippen LogP) is 3.28. The molecule has 138 valence electrons. The van der Waals surface area contributed by atoms with Crippen LogP contribution in [-0.4, -0.2) is 21.6 Å². The van der Waals surface area contributed by atoms with Gasteiger partial charge in [0.1, 0.15) is 5.15 Å². The Hall–Kier alpha value is -2.60. The van der Waals surface area contributed by atoms with Gasteiger partial charge in [0.15, 0.2) is 0 Å². The van der Waals surface area contributed by atoms with Crippen molar-refractivity contribution in [3.63, 3.8) is 0 Å². The van der Waals surface area contributed by atoms with Gasteiger partial charge in [-0.15, -0.1) is 0 Å². The van der Waals surface area contributed by atoms with Crippen molar-refractivity contribution >= 4 is 29.5 Å². The van der Waals surface area contributed by atoms with Crippen LogP contribution in [0.25, 0.3) is 6.08 Å². The third kappa shape index (κ3) is 5.20. The van der Waals surface area contributed by atoms with Gasteiger partial charge < -0.3 is 0 Å². The van der Waals surface area contributed by atoms with E-state index in [0.29, 0.717) is 28.7 Å². The Morgan fingerprint density at radius 1 is 1.19 bits per heavy atom. The number of hydrazine groups is 1. The molecule has 0 saturated carbocycles. The smallest absolute Gasteiger partial charge is 0.268 e. The number of rotatable bonds is 5. The summed E-state index contributed by atoms with van der Waals surface area (Å²) >= 11 is 6.33. The first kappa shape index (κ1) is 19.7. The Bertz CT molecular complexity index is 823. The van der Waals surface area contributed by atoms with Crippen molar-refractivity contribution in [3.8, 4) is 0 Å². The summed E-state index contributed by atoms with van der Waals surface area (Å²) < 4.78 is 1.72. The minimum Gasteiger partial charge on any atom is -0.268 e. The van der Waals surface area contributed by atoms with E-state index < -0.39 is 5.91 Å². The zero-order valence-electron chi connectivity index (χ0n) is 15.3. The van der Waals surface area contributed by atoms with Crippen LogP contribution in [0.5, 0.6) is 0 Å². The minimum absolute atomic E-state index is 0.384. The fourth-order valence-electron chi connectivity index (χ4n) is 2.32. The highest BCUT2D eigenvalue weighted by molar-refractivity contribution is 6.31. The molecule has 1 aromatic heterocycles. The zero-order valence-corrected chi connectivity index (χ0v) is 16.1.